The lowest BCUT2D eigenvalue weighted by Gasteiger charge is -2.33. The van der Waals surface area contributed by atoms with Gasteiger partial charge >= 0.3 is 0 Å². The lowest BCUT2D eigenvalue weighted by molar-refractivity contribution is -0.127. The van der Waals surface area contributed by atoms with Gasteiger partial charge in [0, 0.05) is 30.4 Å². The molecule has 1 aromatic heterocycles. The van der Waals surface area contributed by atoms with Crippen LogP contribution in [0.2, 0.25) is 10.0 Å². The van der Waals surface area contributed by atoms with Crippen LogP contribution in [-0.4, -0.2) is 33.7 Å². The fourth-order valence-electron chi connectivity index (χ4n) is 3.53. The Morgan fingerprint density at radius 1 is 1.22 bits per heavy atom. The largest absolute Gasteiger partial charge is 0.344 e. The molecule has 0 fully saturated rings. The first kappa shape index (κ1) is 19.8. The SMILES string of the molecule is CCCN(CCC)C(=O)C1=C(C)Nc2ccnn2C1c1cccc(Cl)c1Cl. The molecule has 0 radical (unpaired) electrons. The maximum atomic E-state index is 13.5. The Balaban J connectivity index is 2.14. The average Bonchev–Trinajstić information content (AvgIpc) is 3.10. The van der Waals surface area contributed by atoms with E-state index in [0.29, 0.717) is 28.7 Å². The number of hydrogen-bond donors (Lipinski definition) is 1. The molecule has 5 nitrogen and oxygen atoms in total. The number of anilines is 1. The van der Waals surface area contributed by atoms with Gasteiger partial charge in [-0.3, -0.25) is 4.79 Å². The molecule has 0 saturated carbocycles. The van der Waals surface area contributed by atoms with Crippen LogP contribution in [0.15, 0.2) is 41.7 Å². The molecule has 1 aliphatic heterocycles. The Morgan fingerprint density at radius 2 is 1.93 bits per heavy atom. The van der Waals surface area contributed by atoms with Crippen molar-refractivity contribution in [2.75, 3.05) is 18.4 Å². The lowest BCUT2D eigenvalue weighted by Crippen LogP contribution is -2.39. The summed E-state index contributed by atoms with van der Waals surface area (Å²) in [6.07, 6.45) is 3.52. The topological polar surface area (TPSA) is 50.2 Å². The van der Waals surface area contributed by atoms with Crippen LogP contribution in [0.5, 0.6) is 0 Å². The van der Waals surface area contributed by atoms with Gasteiger partial charge in [-0.05, 0) is 25.8 Å². The first-order valence-electron chi connectivity index (χ1n) is 9.24. The highest BCUT2D eigenvalue weighted by molar-refractivity contribution is 6.42. The van der Waals surface area contributed by atoms with Gasteiger partial charge < -0.3 is 10.2 Å². The van der Waals surface area contributed by atoms with E-state index in [4.69, 9.17) is 23.2 Å². The Kier molecular flexibility index (Phi) is 6.12. The molecule has 0 bridgehead atoms. The Morgan fingerprint density at radius 3 is 2.59 bits per heavy atom. The maximum Gasteiger partial charge on any atom is 0.254 e. The van der Waals surface area contributed by atoms with E-state index in [1.54, 1.807) is 16.9 Å². The highest BCUT2D eigenvalue weighted by Crippen LogP contribution is 2.41. The van der Waals surface area contributed by atoms with Crippen LogP contribution in [0.3, 0.4) is 0 Å². The van der Waals surface area contributed by atoms with Gasteiger partial charge in [0.1, 0.15) is 11.9 Å². The molecule has 0 saturated heterocycles. The molecule has 2 heterocycles. The lowest BCUT2D eigenvalue weighted by atomic mass is 9.94. The quantitative estimate of drug-likeness (QED) is 0.723. The van der Waals surface area contributed by atoms with Gasteiger partial charge in [-0.1, -0.05) is 49.2 Å². The van der Waals surface area contributed by atoms with E-state index < -0.39 is 6.04 Å². The minimum absolute atomic E-state index is 0.00546. The Hall–Kier alpha value is -1.98. The predicted octanol–water partition coefficient (Wildman–Crippen LogP) is 5.13. The maximum absolute atomic E-state index is 13.5. The van der Waals surface area contributed by atoms with E-state index in [2.05, 4.69) is 24.3 Å². The smallest absolute Gasteiger partial charge is 0.254 e. The molecule has 0 spiro atoms. The number of halogens is 2. The van der Waals surface area contributed by atoms with Crippen molar-refractivity contribution in [1.29, 1.82) is 0 Å². The summed E-state index contributed by atoms with van der Waals surface area (Å²) in [5, 5.41) is 8.66. The van der Waals surface area contributed by atoms with Crippen molar-refractivity contribution in [1.82, 2.24) is 14.7 Å². The molecule has 7 heteroatoms. The molecule has 1 aliphatic rings. The van der Waals surface area contributed by atoms with Crippen LogP contribution in [0, 0.1) is 0 Å². The van der Waals surface area contributed by atoms with E-state index in [9.17, 15) is 4.79 Å². The second-order valence-corrected chi connectivity index (χ2v) is 7.45. The molecule has 0 aliphatic carbocycles. The number of benzene rings is 1. The predicted molar refractivity (Wildman–Crippen MR) is 110 cm³/mol. The van der Waals surface area contributed by atoms with Crippen LogP contribution in [0.4, 0.5) is 5.82 Å². The van der Waals surface area contributed by atoms with E-state index in [1.165, 1.54) is 0 Å². The number of fused-ring (bicyclic) bond motifs is 1. The van der Waals surface area contributed by atoms with Crippen molar-refractivity contribution in [3.8, 4) is 0 Å². The summed E-state index contributed by atoms with van der Waals surface area (Å²) in [4.78, 5) is 15.4. The monoisotopic (exact) mass is 406 g/mol. The number of allylic oxidation sites excluding steroid dienone is 1. The third-order valence-corrected chi connectivity index (χ3v) is 5.52. The minimum Gasteiger partial charge on any atom is -0.344 e. The molecule has 2 aromatic rings. The third-order valence-electron chi connectivity index (χ3n) is 4.69. The van der Waals surface area contributed by atoms with Crippen LogP contribution < -0.4 is 5.32 Å². The summed E-state index contributed by atoms with van der Waals surface area (Å²) >= 11 is 12.8. The molecule has 3 rings (SSSR count). The zero-order valence-electron chi connectivity index (χ0n) is 15.8. The Labute approximate surface area is 169 Å². The molecule has 1 amide bonds. The second-order valence-electron chi connectivity index (χ2n) is 6.66. The van der Waals surface area contributed by atoms with Crippen molar-refractivity contribution in [2.45, 2.75) is 39.7 Å². The number of rotatable bonds is 6. The van der Waals surface area contributed by atoms with E-state index in [1.807, 2.05) is 30.0 Å². The summed E-state index contributed by atoms with van der Waals surface area (Å²) in [5.41, 5.74) is 2.23. The van der Waals surface area contributed by atoms with Crippen LogP contribution in [0.25, 0.3) is 0 Å². The van der Waals surface area contributed by atoms with E-state index in [0.717, 1.165) is 29.9 Å². The minimum atomic E-state index is -0.425. The van der Waals surface area contributed by atoms with Crippen LogP contribution in [0.1, 0.15) is 45.2 Å². The van der Waals surface area contributed by atoms with E-state index >= 15 is 0 Å². The van der Waals surface area contributed by atoms with Crippen molar-refractivity contribution in [2.24, 2.45) is 0 Å². The number of amides is 1. The van der Waals surface area contributed by atoms with Gasteiger partial charge in [-0.2, -0.15) is 5.10 Å². The average molecular weight is 407 g/mol. The molecule has 1 N–H and O–H groups in total. The van der Waals surface area contributed by atoms with Gasteiger partial charge in [0.25, 0.3) is 5.91 Å². The van der Waals surface area contributed by atoms with Gasteiger partial charge in [0.2, 0.25) is 0 Å². The zero-order chi connectivity index (χ0) is 19.6. The summed E-state index contributed by atoms with van der Waals surface area (Å²) in [7, 11) is 0. The van der Waals surface area contributed by atoms with Gasteiger partial charge in [0.15, 0.2) is 0 Å². The standard InChI is InChI=1S/C20H24Cl2N4O/c1-4-11-25(12-5-2)20(27)17-13(3)24-16-9-10-23-26(16)19(17)14-7-6-8-15(21)18(14)22/h6-10,19,24H,4-5,11-12H2,1-3H3. The third kappa shape index (κ3) is 3.71. The number of carbonyl (C=O) groups excluding carboxylic acids is 1. The number of carbonyl (C=O) groups is 1. The highest BCUT2D eigenvalue weighted by atomic mass is 35.5. The number of nitrogens with zero attached hydrogens (tertiary/aromatic N) is 3. The fourth-order valence-corrected chi connectivity index (χ4v) is 3.94. The number of aromatic nitrogens is 2. The van der Waals surface area contributed by atoms with Gasteiger partial charge in [0.05, 0.1) is 21.8 Å². The number of hydrogen-bond acceptors (Lipinski definition) is 3. The first-order valence-corrected chi connectivity index (χ1v) is 9.99. The molecule has 1 atom stereocenters. The molecular formula is C20H24Cl2N4O. The summed E-state index contributed by atoms with van der Waals surface area (Å²) in [6, 6.07) is 6.96. The Bertz CT molecular complexity index is 869. The van der Waals surface area contributed by atoms with Crippen molar-refractivity contribution in [3.05, 3.63) is 57.3 Å². The van der Waals surface area contributed by atoms with Gasteiger partial charge in [-0.25, -0.2) is 4.68 Å². The molecule has 1 aromatic carbocycles. The molecule has 27 heavy (non-hydrogen) atoms. The van der Waals surface area contributed by atoms with Crippen molar-refractivity contribution >= 4 is 34.9 Å². The normalized spacial score (nSPS) is 16.1. The number of nitrogens with one attached hydrogen (secondary N) is 1. The summed E-state index contributed by atoms with van der Waals surface area (Å²) < 4.78 is 1.80. The summed E-state index contributed by atoms with van der Waals surface area (Å²) in [5.74, 6) is 0.827. The fraction of sp³-hybridized carbons (Fsp3) is 0.400. The molecular weight excluding hydrogens is 383 g/mol. The second kappa shape index (κ2) is 8.36. The molecule has 1 unspecified atom stereocenters. The van der Waals surface area contributed by atoms with E-state index in [-0.39, 0.29) is 5.91 Å². The van der Waals surface area contributed by atoms with Crippen molar-refractivity contribution < 1.29 is 4.79 Å². The zero-order valence-corrected chi connectivity index (χ0v) is 17.3. The van der Waals surface area contributed by atoms with Crippen LogP contribution in [-0.2, 0) is 4.79 Å². The van der Waals surface area contributed by atoms with Crippen molar-refractivity contribution in [3.63, 3.8) is 0 Å². The molecule has 144 valence electrons. The van der Waals surface area contributed by atoms with Gasteiger partial charge in [-0.15, -0.1) is 0 Å². The van der Waals surface area contributed by atoms with Crippen LogP contribution >= 0.6 is 23.2 Å². The summed E-state index contributed by atoms with van der Waals surface area (Å²) in [6.45, 7) is 7.50. The highest BCUT2D eigenvalue weighted by Gasteiger charge is 2.35. The first-order chi connectivity index (χ1) is 13.0.